The molecule has 0 amide bonds. The second-order valence-corrected chi connectivity index (χ2v) is 6.22. The third-order valence-corrected chi connectivity index (χ3v) is 5.12. The quantitative estimate of drug-likeness (QED) is 0.794. The van der Waals surface area contributed by atoms with Crippen molar-refractivity contribution in [3.05, 3.63) is 29.6 Å². The van der Waals surface area contributed by atoms with Gasteiger partial charge in [-0.15, -0.1) is 11.8 Å². The summed E-state index contributed by atoms with van der Waals surface area (Å²) in [4.78, 5) is 0.800. The van der Waals surface area contributed by atoms with Crippen LogP contribution in [0, 0.1) is 11.7 Å². The van der Waals surface area contributed by atoms with Crippen LogP contribution in [-0.2, 0) is 0 Å². The lowest BCUT2D eigenvalue weighted by molar-refractivity contribution is 0.585. The Morgan fingerprint density at radius 2 is 2.11 bits per heavy atom. The SMILES string of the molecule is CNC(C)c1ccc(SCC2CCCC2)c(F)c1. The molecule has 0 spiro atoms. The molecule has 1 aliphatic carbocycles. The van der Waals surface area contributed by atoms with Crippen LogP contribution in [0.4, 0.5) is 4.39 Å². The van der Waals surface area contributed by atoms with Crippen molar-refractivity contribution in [2.45, 2.75) is 43.5 Å². The molecular weight excluding hydrogens is 245 g/mol. The number of benzene rings is 1. The van der Waals surface area contributed by atoms with Crippen LogP contribution in [-0.4, -0.2) is 12.8 Å². The summed E-state index contributed by atoms with van der Waals surface area (Å²) in [7, 11) is 1.89. The van der Waals surface area contributed by atoms with Gasteiger partial charge in [-0.1, -0.05) is 18.9 Å². The van der Waals surface area contributed by atoms with Gasteiger partial charge in [0.1, 0.15) is 5.82 Å². The van der Waals surface area contributed by atoms with E-state index >= 15 is 0 Å². The van der Waals surface area contributed by atoms with Crippen LogP contribution in [0.2, 0.25) is 0 Å². The second kappa shape index (κ2) is 6.58. The van der Waals surface area contributed by atoms with Crippen LogP contribution in [0.3, 0.4) is 0 Å². The molecule has 1 aliphatic rings. The molecule has 2 rings (SSSR count). The molecule has 0 radical (unpaired) electrons. The van der Waals surface area contributed by atoms with Crippen LogP contribution in [0.15, 0.2) is 23.1 Å². The van der Waals surface area contributed by atoms with Gasteiger partial charge in [-0.25, -0.2) is 4.39 Å². The van der Waals surface area contributed by atoms with E-state index < -0.39 is 0 Å². The Labute approximate surface area is 114 Å². The maximum absolute atomic E-state index is 14.0. The average molecular weight is 267 g/mol. The molecule has 100 valence electrons. The summed E-state index contributed by atoms with van der Waals surface area (Å²) in [5.74, 6) is 1.79. The summed E-state index contributed by atoms with van der Waals surface area (Å²) in [5, 5.41) is 3.13. The highest BCUT2D eigenvalue weighted by Crippen LogP contribution is 2.32. The van der Waals surface area contributed by atoms with Gasteiger partial charge in [0.05, 0.1) is 0 Å². The number of halogens is 1. The fourth-order valence-corrected chi connectivity index (χ4v) is 3.56. The van der Waals surface area contributed by atoms with Crippen molar-refractivity contribution < 1.29 is 4.39 Å². The summed E-state index contributed by atoms with van der Waals surface area (Å²) in [6.45, 7) is 2.04. The maximum Gasteiger partial charge on any atom is 0.137 e. The number of rotatable bonds is 5. The van der Waals surface area contributed by atoms with E-state index in [0.717, 1.165) is 22.1 Å². The minimum atomic E-state index is -0.0717. The summed E-state index contributed by atoms with van der Waals surface area (Å²) in [6, 6.07) is 5.82. The zero-order valence-electron chi connectivity index (χ0n) is 11.2. The van der Waals surface area contributed by atoms with Crippen molar-refractivity contribution in [2.24, 2.45) is 5.92 Å². The number of hydrogen-bond donors (Lipinski definition) is 1. The molecule has 0 aromatic heterocycles. The molecular formula is C15H22FNS. The molecule has 1 N–H and O–H groups in total. The molecule has 1 aromatic carbocycles. The monoisotopic (exact) mass is 267 g/mol. The predicted octanol–water partition coefficient (Wildman–Crippen LogP) is 4.39. The first-order chi connectivity index (χ1) is 8.70. The van der Waals surface area contributed by atoms with Gasteiger partial charge in [0.15, 0.2) is 0 Å². The molecule has 1 fully saturated rings. The van der Waals surface area contributed by atoms with Gasteiger partial charge in [-0.2, -0.15) is 0 Å². The largest absolute Gasteiger partial charge is 0.313 e. The van der Waals surface area contributed by atoms with Gasteiger partial charge < -0.3 is 5.32 Å². The Morgan fingerprint density at radius 1 is 1.39 bits per heavy atom. The molecule has 1 atom stereocenters. The molecule has 0 aliphatic heterocycles. The molecule has 1 saturated carbocycles. The zero-order valence-corrected chi connectivity index (χ0v) is 12.0. The van der Waals surface area contributed by atoms with Crippen molar-refractivity contribution >= 4 is 11.8 Å². The highest BCUT2D eigenvalue weighted by molar-refractivity contribution is 7.99. The first-order valence-electron chi connectivity index (χ1n) is 6.80. The molecule has 0 heterocycles. The van der Waals surface area contributed by atoms with Gasteiger partial charge in [-0.3, -0.25) is 0 Å². The Bertz CT molecular complexity index is 388. The van der Waals surface area contributed by atoms with Crippen LogP contribution in [0.1, 0.15) is 44.2 Å². The molecule has 1 nitrogen and oxygen atoms in total. The third-order valence-electron chi connectivity index (χ3n) is 3.84. The van der Waals surface area contributed by atoms with Crippen molar-refractivity contribution in [3.8, 4) is 0 Å². The molecule has 1 aromatic rings. The van der Waals surface area contributed by atoms with Gasteiger partial charge >= 0.3 is 0 Å². The second-order valence-electron chi connectivity index (χ2n) is 5.16. The standard InChI is InChI=1S/C15H22FNS/c1-11(17-2)13-7-8-15(14(16)9-13)18-10-12-5-3-4-6-12/h7-9,11-12,17H,3-6,10H2,1-2H3. The van der Waals surface area contributed by atoms with Crippen LogP contribution in [0.25, 0.3) is 0 Å². The first kappa shape index (κ1) is 13.9. The topological polar surface area (TPSA) is 12.0 Å². The van der Waals surface area contributed by atoms with Crippen molar-refractivity contribution in [1.82, 2.24) is 5.32 Å². The van der Waals surface area contributed by atoms with Crippen molar-refractivity contribution in [1.29, 1.82) is 0 Å². The number of nitrogens with one attached hydrogen (secondary N) is 1. The third kappa shape index (κ3) is 3.48. The molecule has 0 bridgehead atoms. The highest BCUT2D eigenvalue weighted by Gasteiger charge is 2.16. The van der Waals surface area contributed by atoms with E-state index in [1.165, 1.54) is 25.7 Å². The summed E-state index contributed by atoms with van der Waals surface area (Å²) in [5.41, 5.74) is 1.01. The van der Waals surface area contributed by atoms with E-state index in [1.54, 1.807) is 17.8 Å². The van der Waals surface area contributed by atoms with Gasteiger partial charge in [0, 0.05) is 16.7 Å². The maximum atomic E-state index is 14.0. The van der Waals surface area contributed by atoms with Crippen LogP contribution >= 0.6 is 11.8 Å². The van der Waals surface area contributed by atoms with E-state index in [-0.39, 0.29) is 11.9 Å². The van der Waals surface area contributed by atoms with Crippen molar-refractivity contribution in [2.75, 3.05) is 12.8 Å². The van der Waals surface area contributed by atoms with E-state index in [2.05, 4.69) is 5.32 Å². The van der Waals surface area contributed by atoms with E-state index in [0.29, 0.717) is 0 Å². The zero-order chi connectivity index (χ0) is 13.0. The van der Waals surface area contributed by atoms with Gasteiger partial charge in [-0.05, 0) is 50.4 Å². The Hall–Kier alpha value is -0.540. The Balaban J connectivity index is 1.96. The minimum absolute atomic E-state index is 0.0717. The van der Waals surface area contributed by atoms with E-state index in [9.17, 15) is 4.39 Å². The van der Waals surface area contributed by atoms with Crippen LogP contribution < -0.4 is 5.32 Å². The lowest BCUT2D eigenvalue weighted by atomic mass is 10.1. The summed E-state index contributed by atoms with van der Waals surface area (Å²) >= 11 is 1.68. The molecule has 3 heteroatoms. The fourth-order valence-electron chi connectivity index (χ4n) is 2.45. The Morgan fingerprint density at radius 3 is 2.72 bits per heavy atom. The predicted molar refractivity (Wildman–Crippen MR) is 76.6 cm³/mol. The Kier molecular flexibility index (Phi) is 5.07. The van der Waals surface area contributed by atoms with Crippen LogP contribution in [0.5, 0.6) is 0 Å². The molecule has 0 saturated heterocycles. The van der Waals surface area contributed by atoms with E-state index in [1.807, 2.05) is 26.1 Å². The lowest BCUT2D eigenvalue weighted by Gasteiger charge is -2.13. The molecule has 1 unspecified atom stereocenters. The number of thioether (sulfide) groups is 1. The normalized spacial score (nSPS) is 18.2. The van der Waals surface area contributed by atoms with Crippen molar-refractivity contribution in [3.63, 3.8) is 0 Å². The lowest BCUT2D eigenvalue weighted by Crippen LogP contribution is -2.12. The smallest absolute Gasteiger partial charge is 0.137 e. The van der Waals surface area contributed by atoms with Gasteiger partial charge in [0.2, 0.25) is 0 Å². The molecule has 18 heavy (non-hydrogen) atoms. The fraction of sp³-hybridized carbons (Fsp3) is 0.600. The first-order valence-corrected chi connectivity index (χ1v) is 7.78. The average Bonchev–Trinajstić information content (AvgIpc) is 2.89. The highest BCUT2D eigenvalue weighted by atomic mass is 32.2. The van der Waals surface area contributed by atoms with Gasteiger partial charge in [0.25, 0.3) is 0 Å². The summed E-state index contributed by atoms with van der Waals surface area (Å²) in [6.07, 6.45) is 5.35. The van der Waals surface area contributed by atoms with E-state index in [4.69, 9.17) is 0 Å². The minimum Gasteiger partial charge on any atom is -0.313 e. The summed E-state index contributed by atoms with van der Waals surface area (Å²) < 4.78 is 14.0. The number of hydrogen-bond acceptors (Lipinski definition) is 2.